The van der Waals surface area contributed by atoms with E-state index in [9.17, 15) is 0 Å². The molecule has 2 heteroatoms. The summed E-state index contributed by atoms with van der Waals surface area (Å²) < 4.78 is 12.3. The zero-order valence-corrected chi connectivity index (χ0v) is 14.1. The summed E-state index contributed by atoms with van der Waals surface area (Å²) in [5, 5.41) is 0. The van der Waals surface area contributed by atoms with Gasteiger partial charge in [0.05, 0.1) is 25.4 Å². The van der Waals surface area contributed by atoms with E-state index in [4.69, 9.17) is 9.47 Å². The molecule has 2 aliphatic rings. The van der Waals surface area contributed by atoms with Crippen LogP contribution in [0, 0.1) is 17.3 Å². The van der Waals surface area contributed by atoms with E-state index in [1.807, 2.05) is 6.07 Å². The number of hydrogen-bond acceptors (Lipinski definition) is 2. The number of rotatable bonds is 5. The number of benzene rings is 1. The molecule has 2 bridgehead atoms. The fourth-order valence-electron chi connectivity index (χ4n) is 4.23. The largest absolute Gasteiger partial charge is 0.376 e. The molecule has 1 aliphatic heterocycles. The Morgan fingerprint density at radius 2 is 2.00 bits per heavy atom. The maximum absolute atomic E-state index is 6.22. The lowest BCUT2D eigenvalue weighted by Crippen LogP contribution is -2.45. The van der Waals surface area contributed by atoms with Crippen molar-refractivity contribution in [2.24, 2.45) is 17.3 Å². The molecule has 0 radical (unpaired) electrons. The van der Waals surface area contributed by atoms with Crippen LogP contribution in [-0.4, -0.2) is 18.8 Å². The summed E-state index contributed by atoms with van der Waals surface area (Å²) in [6.45, 7) is 13.1. The first kappa shape index (κ1) is 15.8. The van der Waals surface area contributed by atoms with E-state index in [2.05, 4.69) is 51.6 Å². The van der Waals surface area contributed by atoms with Gasteiger partial charge in [-0.15, -0.1) is 0 Å². The molecule has 2 nitrogen and oxygen atoms in total. The van der Waals surface area contributed by atoms with Gasteiger partial charge in [-0.2, -0.15) is 0 Å². The van der Waals surface area contributed by atoms with Crippen LogP contribution in [0.15, 0.2) is 42.5 Å². The Labute approximate surface area is 134 Å². The summed E-state index contributed by atoms with van der Waals surface area (Å²) in [5.74, 6) is 1.14. The van der Waals surface area contributed by atoms with Crippen molar-refractivity contribution in [3.8, 4) is 0 Å². The maximum Gasteiger partial charge on any atom is 0.0717 e. The minimum atomic E-state index is -0.0386. The van der Waals surface area contributed by atoms with Gasteiger partial charge in [-0.3, -0.25) is 0 Å². The SMILES string of the molecule is C=C(C)C1C[C@]2(COCc3ccccc3)COC(C)(C)C1C2. The molecule has 120 valence electrons. The second-order valence-electron chi connectivity index (χ2n) is 7.84. The first-order chi connectivity index (χ1) is 10.4. The Hall–Kier alpha value is -1.12. The molecule has 3 atom stereocenters. The molecule has 1 saturated carbocycles. The van der Waals surface area contributed by atoms with Crippen LogP contribution < -0.4 is 0 Å². The lowest BCUT2D eigenvalue weighted by Gasteiger charge is -2.42. The van der Waals surface area contributed by atoms with Crippen LogP contribution in [0.4, 0.5) is 0 Å². The lowest BCUT2D eigenvalue weighted by molar-refractivity contribution is -0.142. The maximum atomic E-state index is 6.22. The van der Waals surface area contributed by atoms with Gasteiger partial charge in [-0.1, -0.05) is 42.5 Å². The highest BCUT2D eigenvalue weighted by Gasteiger charge is 2.55. The van der Waals surface area contributed by atoms with Crippen molar-refractivity contribution in [1.29, 1.82) is 0 Å². The predicted molar refractivity (Wildman–Crippen MR) is 89.6 cm³/mol. The van der Waals surface area contributed by atoms with Crippen molar-refractivity contribution in [3.63, 3.8) is 0 Å². The molecule has 0 aromatic heterocycles. The Morgan fingerprint density at radius 3 is 2.68 bits per heavy atom. The molecule has 3 rings (SSSR count). The van der Waals surface area contributed by atoms with E-state index < -0.39 is 0 Å². The van der Waals surface area contributed by atoms with Gasteiger partial charge in [-0.05, 0) is 51.0 Å². The lowest BCUT2D eigenvalue weighted by atomic mass is 9.77. The molecule has 1 saturated heterocycles. The molecular formula is C20H28O2. The second-order valence-corrected chi connectivity index (χ2v) is 7.84. The summed E-state index contributed by atoms with van der Waals surface area (Å²) >= 11 is 0. The van der Waals surface area contributed by atoms with Crippen molar-refractivity contribution < 1.29 is 9.47 Å². The Bertz CT molecular complexity index is 534. The molecule has 0 amide bonds. The van der Waals surface area contributed by atoms with Crippen LogP contribution in [-0.2, 0) is 16.1 Å². The van der Waals surface area contributed by atoms with Gasteiger partial charge in [0.2, 0.25) is 0 Å². The van der Waals surface area contributed by atoms with E-state index in [1.165, 1.54) is 17.6 Å². The minimum absolute atomic E-state index is 0.0386. The van der Waals surface area contributed by atoms with E-state index in [-0.39, 0.29) is 11.0 Å². The highest BCUT2D eigenvalue weighted by atomic mass is 16.5. The fourth-order valence-corrected chi connectivity index (χ4v) is 4.23. The summed E-state index contributed by atoms with van der Waals surface area (Å²) in [6.07, 6.45) is 2.36. The predicted octanol–water partition coefficient (Wildman–Crippen LogP) is 4.60. The quantitative estimate of drug-likeness (QED) is 0.740. The first-order valence-electron chi connectivity index (χ1n) is 8.33. The number of hydrogen-bond donors (Lipinski definition) is 0. The molecule has 22 heavy (non-hydrogen) atoms. The zero-order valence-electron chi connectivity index (χ0n) is 14.1. The topological polar surface area (TPSA) is 18.5 Å². The molecular weight excluding hydrogens is 272 g/mol. The second kappa shape index (κ2) is 5.82. The zero-order chi connectivity index (χ0) is 15.8. The van der Waals surface area contributed by atoms with Crippen molar-refractivity contribution in [3.05, 3.63) is 48.0 Å². The Balaban J connectivity index is 1.65. The molecule has 1 aromatic carbocycles. The molecule has 1 aliphatic carbocycles. The fraction of sp³-hybridized carbons (Fsp3) is 0.600. The van der Waals surface area contributed by atoms with Crippen molar-refractivity contribution in [2.75, 3.05) is 13.2 Å². The van der Waals surface area contributed by atoms with Crippen molar-refractivity contribution in [2.45, 2.75) is 45.8 Å². The standard InChI is InChI=1S/C20H28O2/c1-15(2)17-10-20(11-18(17)19(3,4)22-14-20)13-21-12-16-8-6-5-7-9-16/h5-9,17-18H,1,10-14H2,2-4H3/t17?,18?,20-/m0/s1. The summed E-state index contributed by atoms with van der Waals surface area (Å²) in [7, 11) is 0. The summed E-state index contributed by atoms with van der Waals surface area (Å²) in [4.78, 5) is 0. The number of fused-ring (bicyclic) bond motifs is 2. The van der Waals surface area contributed by atoms with Crippen LogP contribution in [0.25, 0.3) is 0 Å². The summed E-state index contributed by atoms with van der Waals surface area (Å²) in [5.41, 5.74) is 2.68. The van der Waals surface area contributed by atoms with Crippen LogP contribution in [0.5, 0.6) is 0 Å². The third-order valence-electron chi connectivity index (χ3n) is 5.59. The monoisotopic (exact) mass is 300 g/mol. The number of allylic oxidation sites excluding steroid dienone is 1. The van der Waals surface area contributed by atoms with Gasteiger partial charge < -0.3 is 9.47 Å². The highest BCUT2D eigenvalue weighted by molar-refractivity contribution is 5.15. The van der Waals surface area contributed by atoms with Crippen molar-refractivity contribution >= 4 is 0 Å². The first-order valence-corrected chi connectivity index (χ1v) is 8.33. The normalized spacial score (nSPS) is 32.9. The van der Waals surface area contributed by atoms with Crippen LogP contribution in [0.2, 0.25) is 0 Å². The summed E-state index contributed by atoms with van der Waals surface area (Å²) in [6, 6.07) is 10.4. The van der Waals surface area contributed by atoms with Gasteiger partial charge >= 0.3 is 0 Å². The third kappa shape index (κ3) is 3.00. The van der Waals surface area contributed by atoms with E-state index in [0.717, 1.165) is 19.6 Å². The van der Waals surface area contributed by atoms with E-state index in [0.29, 0.717) is 18.4 Å². The smallest absolute Gasteiger partial charge is 0.0717 e. The van der Waals surface area contributed by atoms with Gasteiger partial charge in [0, 0.05) is 5.41 Å². The highest BCUT2D eigenvalue weighted by Crippen LogP contribution is 2.56. The average Bonchev–Trinajstić information content (AvgIpc) is 2.83. The molecule has 0 N–H and O–H groups in total. The minimum Gasteiger partial charge on any atom is -0.376 e. The Kier molecular flexibility index (Phi) is 4.17. The average molecular weight is 300 g/mol. The van der Waals surface area contributed by atoms with Crippen LogP contribution in [0.3, 0.4) is 0 Å². The number of ether oxygens (including phenoxy) is 2. The van der Waals surface area contributed by atoms with Crippen LogP contribution in [0.1, 0.15) is 39.2 Å². The molecule has 1 heterocycles. The molecule has 0 spiro atoms. The van der Waals surface area contributed by atoms with Gasteiger partial charge in [-0.25, -0.2) is 0 Å². The van der Waals surface area contributed by atoms with Gasteiger partial charge in [0.15, 0.2) is 0 Å². The molecule has 2 fully saturated rings. The third-order valence-corrected chi connectivity index (χ3v) is 5.59. The van der Waals surface area contributed by atoms with Crippen molar-refractivity contribution in [1.82, 2.24) is 0 Å². The molecule has 1 aromatic rings. The van der Waals surface area contributed by atoms with E-state index >= 15 is 0 Å². The van der Waals surface area contributed by atoms with E-state index in [1.54, 1.807) is 0 Å². The van der Waals surface area contributed by atoms with Gasteiger partial charge in [0.1, 0.15) is 0 Å². The molecule has 2 unspecified atom stereocenters. The van der Waals surface area contributed by atoms with Crippen LogP contribution >= 0.6 is 0 Å². The Morgan fingerprint density at radius 1 is 1.27 bits per heavy atom. The van der Waals surface area contributed by atoms with Gasteiger partial charge in [0.25, 0.3) is 0 Å².